The van der Waals surface area contributed by atoms with Gasteiger partial charge in [0.25, 0.3) is 5.56 Å². The molecule has 1 aromatic carbocycles. The van der Waals surface area contributed by atoms with Crippen molar-refractivity contribution in [3.05, 3.63) is 62.6 Å². The molecule has 33 heavy (non-hydrogen) atoms. The fraction of sp³-hybridized carbons (Fsp3) is 0.520. The Kier molecular flexibility index (Phi) is 7.89. The van der Waals surface area contributed by atoms with Gasteiger partial charge in [0, 0.05) is 27.1 Å². The van der Waals surface area contributed by atoms with Gasteiger partial charge in [-0.2, -0.15) is 0 Å². The number of hydrogen-bond acceptors (Lipinski definition) is 4. The molecule has 8 heteroatoms. The molecule has 0 unspecified atom stereocenters. The number of amides is 1. The smallest absolute Gasteiger partial charge is 0.332 e. The van der Waals surface area contributed by atoms with E-state index in [1.54, 1.807) is 17.9 Å². The molecule has 0 fully saturated rings. The molecular formula is C25H35N5O3. The van der Waals surface area contributed by atoms with Crippen molar-refractivity contribution < 1.29 is 4.79 Å². The van der Waals surface area contributed by atoms with Gasteiger partial charge in [-0.1, -0.05) is 51.5 Å². The third kappa shape index (κ3) is 5.43. The molecule has 0 aliphatic heterocycles. The number of unbranched alkanes of at least 4 members (excludes halogenated alkanes) is 1. The summed E-state index contributed by atoms with van der Waals surface area (Å²) < 4.78 is 4.16. The number of carbonyl (C=O) groups excluding carboxylic acids is 1. The van der Waals surface area contributed by atoms with Gasteiger partial charge in [-0.15, -0.1) is 0 Å². The Hall–Kier alpha value is -3.16. The standard InChI is InChI=1S/C25H35N5O3/c1-6-7-9-18-11-13-19(14-12-18)21(17(2)3)27-20(31)10-8-15-30-16-26-23-22(30)24(32)29(5)25(33)28(23)4/h11-14,16-17,21H,6-10,15H2,1-5H3,(H,27,31)/t21-/m0/s1. The highest BCUT2D eigenvalue weighted by Crippen LogP contribution is 2.23. The monoisotopic (exact) mass is 453 g/mol. The van der Waals surface area contributed by atoms with Crippen LogP contribution >= 0.6 is 0 Å². The van der Waals surface area contributed by atoms with Gasteiger partial charge >= 0.3 is 5.69 Å². The van der Waals surface area contributed by atoms with E-state index in [-0.39, 0.29) is 23.4 Å². The average molecular weight is 454 g/mol. The molecule has 0 bridgehead atoms. The maximum absolute atomic E-state index is 12.7. The summed E-state index contributed by atoms with van der Waals surface area (Å²) in [5, 5.41) is 3.17. The highest BCUT2D eigenvalue weighted by atomic mass is 16.2. The van der Waals surface area contributed by atoms with Crippen LogP contribution < -0.4 is 16.6 Å². The Morgan fingerprint density at radius 1 is 1.06 bits per heavy atom. The summed E-state index contributed by atoms with van der Waals surface area (Å²) >= 11 is 0. The molecule has 1 atom stereocenters. The number of rotatable bonds is 10. The summed E-state index contributed by atoms with van der Waals surface area (Å²) in [5.74, 6) is 0.242. The second kappa shape index (κ2) is 10.6. The lowest BCUT2D eigenvalue weighted by Crippen LogP contribution is -2.37. The first kappa shape index (κ1) is 24.5. The zero-order valence-electron chi connectivity index (χ0n) is 20.3. The van der Waals surface area contributed by atoms with Crippen LogP contribution in [0.4, 0.5) is 0 Å². The van der Waals surface area contributed by atoms with Crippen LogP contribution in [0.5, 0.6) is 0 Å². The van der Waals surface area contributed by atoms with Crippen molar-refractivity contribution in [1.29, 1.82) is 0 Å². The molecule has 178 valence electrons. The van der Waals surface area contributed by atoms with Gasteiger partial charge in [0.2, 0.25) is 5.91 Å². The van der Waals surface area contributed by atoms with Crippen LogP contribution in [0.3, 0.4) is 0 Å². The van der Waals surface area contributed by atoms with Crippen LogP contribution in [0.1, 0.15) is 63.6 Å². The number of fused-ring (bicyclic) bond motifs is 1. The van der Waals surface area contributed by atoms with Gasteiger partial charge in [-0.3, -0.25) is 18.7 Å². The van der Waals surface area contributed by atoms with Gasteiger partial charge in [0.15, 0.2) is 11.2 Å². The number of carbonyl (C=O) groups is 1. The minimum absolute atomic E-state index is 0.0199. The van der Waals surface area contributed by atoms with Crippen LogP contribution in [0, 0.1) is 5.92 Å². The van der Waals surface area contributed by atoms with Gasteiger partial charge < -0.3 is 9.88 Å². The van der Waals surface area contributed by atoms with Gasteiger partial charge in [-0.05, 0) is 36.3 Å². The van der Waals surface area contributed by atoms with Crippen LogP contribution in [0.15, 0.2) is 40.2 Å². The molecule has 0 saturated carbocycles. The van der Waals surface area contributed by atoms with Crippen molar-refractivity contribution >= 4 is 17.1 Å². The summed E-state index contributed by atoms with van der Waals surface area (Å²) in [6.45, 7) is 6.87. The maximum atomic E-state index is 12.7. The van der Waals surface area contributed by atoms with E-state index in [1.165, 1.54) is 30.0 Å². The summed E-state index contributed by atoms with van der Waals surface area (Å²) in [4.78, 5) is 41.6. The molecule has 2 aromatic heterocycles. The highest BCUT2D eigenvalue weighted by molar-refractivity contribution is 5.76. The molecule has 0 radical (unpaired) electrons. The third-order valence-corrected chi connectivity index (χ3v) is 6.16. The predicted molar refractivity (Wildman–Crippen MR) is 130 cm³/mol. The first-order valence-electron chi connectivity index (χ1n) is 11.7. The molecule has 0 aliphatic carbocycles. The van der Waals surface area contributed by atoms with Crippen LogP contribution in [-0.4, -0.2) is 24.6 Å². The normalized spacial score (nSPS) is 12.4. The Labute approximate surface area is 194 Å². The van der Waals surface area contributed by atoms with Gasteiger partial charge in [0.1, 0.15) is 0 Å². The van der Waals surface area contributed by atoms with Crippen molar-refractivity contribution in [2.24, 2.45) is 20.0 Å². The Morgan fingerprint density at radius 2 is 1.76 bits per heavy atom. The van der Waals surface area contributed by atoms with E-state index in [0.29, 0.717) is 30.6 Å². The molecule has 3 aromatic rings. The first-order chi connectivity index (χ1) is 15.7. The van der Waals surface area contributed by atoms with Gasteiger partial charge in [-0.25, -0.2) is 9.78 Å². The van der Waals surface area contributed by atoms with E-state index >= 15 is 0 Å². The summed E-state index contributed by atoms with van der Waals surface area (Å²) in [7, 11) is 3.05. The molecule has 3 rings (SSSR count). The molecule has 8 nitrogen and oxygen atoms in total. The SMILES string of the molecule is CCCCc1ccc([C@@H](NC(=O)CCCn2cnc3c2c(=O)n(C)c(=O)n3C)C(C)C)cc1. The van der Waals surface area contributed by atoms with Gasteiger partial charge in [0.05, 0.1) is 12.4 Å². The van der Waals surface area contributed by atoms with Crippen LogP contribution in [0.25, 0.3) is 11.2 Å². The minimum atomic E-state index is -0.407. The number of nitrogens with zero attached hydrogens (tertiary/aromatic N) is 4. The Bertz CT molecular complexity index is 1220. The van der Waals surface area contributed by atoms with E-state index in [4.69, 9.17) is 0 Å². The zero-order chi connectivity index (χ0) is 24.1. The van der Waals surface area contributed by atoms with E-state index in [9.17, 15) is 14.4 Å². The lowest BCUT2D eigenvalue weighted by molar-refractivity contribution is -0.122. The number of nitrogens with one attached hydrogen (secondary N) is 1. The molecule has 2 heterocycles. The predicted octanol–water partition coefficient (Wildman–Crippen LogP) is 3.07. The number of aryl methyl sites for hydroxylation is 3. The Morgan fingerprint density at radius 3 is 2.39 bits per heavy atom. The number of aromatic nitrogens is 4. The highest BCUT2D eigenvalue weighted by Gasteiger charge is 2.19. The van der Waals surface area contributed by atoms with E-state index in [0.717, 1.165) is 16.6 Å². The lowest BCUT2D eigenvalue weighted by atomic mass is 9.94. The molecule has 0 saturated heterocycles. The number of hydrogen-bond donors (Lipinski definition) is 1. The topological polar surface area (TPSA) is 90.9 Å². The second-order valence-corrected chi connectivity index (χ2v) is 9.05. The fourth-order valence-corrected chi connectivity index (χ4v) is 4.13. The maximum Gasteiger partial charge on any atom is 0.332 e. The van der Waals surface area contributed by atoms with Crippen molar-refractivity contribution in [3.63, 3.8) is 0 Å². The summed E-state index contributed by atoms with van der Waals surface area (Å²) in [6, 6.07) is 8.50. The summed E-state index contributed by atoms with van der Waals surface area (Å²) in [6.07, 6.45) is 5.88. The van der Waals surface area contributed by atoms with Crippen molar-refractivity contribution in [2.45, 2.75) is 65.5 Å². The number of imidazole rings is 1. The minimum Gasteiger partial charge on any atom is -0.349 e. The molecular weight excluding hydrogens is 418 g/mol. The fourth-order valence-electron chi connectivity index (χ4n) is 4.13. The molecule has 0 aliphatic rings. The molecule has 1 amide bonds. The van der Waals surface area contributed by atoms with Crippen molar-refractivity contribution in [1.82, 2.24) is 24.0 Å². The van der Waals surface area contributed by atoms with E-state index < -0.39 is 5.69 Å². The van der Waals surface area contributed by atoms with Crippen LogP contribution in [-0.2, 0) is 31.9 Å². The molecule has 0 spiro atoms. The average Bonchev–Trinajstić information content (AvgIpc) is 3.22. The van der Waals surface area contributed by atoms with E-state index in [1.807, 2.05) is 0 Å². The van der Waals surface area contributed by atoms with Crippen LogP contribution in [0.2, 0.25) is 0 Å². The first-order valence-corrected chi connectivity index (χ1v) is 11.7. The summed E-state index contributed by atoms with van der Waals surface area (Å²) in [5.41, 5.74) is 2.39. The van der Waals surface area contributed by atoms with Crippen molar-refractivity contribution in [3.8, 4) is 0 Å². The number of benzene rings is 1. The van der Waals surface area contributed by atoms with E-state index in [2.05, 4.69) is 55.3 Å². The lowest BCUT2D eigenvalue weighted by Gasteiger charge is -2.23. The van der Waals surface area contributed by atoms with Crippen molar-refractivity contribution in [2.75, 3.05) is 0 Å². The second-order valence-electron chi connectivity index (χ2n) is 9.05. The zero-order valence-corrected chi connectivity index (χ0v) is 20.3. The Balaban J connectivity index is 1.63. The largest absolute Gasteiger partial charge is 0.349 e. The quantitative estimate of drug-likeness (QED) is 0.511. The third-order valence-electron chi connectivity index (χ3n) is 6.16. The molecule has 1 N–H and O–H groups in total.